The fourth-order valence-corrected chi connectivity index (χ4v) is 4.43. The van der Waals surface area contributed by atoms with E-state index >= 15 is 0 Å². The summed E-state index contributed by atoms with van der Waals surface area (Å²) in [6.45, 7) is 2.27. The van der Waals surface area contributed by atoms with Crippen LogP contribution in [-0.4, -0.2) is 23.3 Å². The summed E-state index contributed by atoms with van der Waals surface area (Å²) in [5, 5.41) is 8.60. The van der Waals surface area contributed by atoms with Crippen LogP contribution < -0.4 is 0 Å². The summed E-state index contributed by atoms with van der Waals surface area (Å²) in [5.41, 5.74) is 0. The second-order valence-electron chi connectivity index (χ2n) is 7.41. The summed E-state index contributed by atoms with van der Waals surface area (Å²) in [5.74, 6) is 0.804. The van der Waals surface area contributed by atoms with Gasteiger partial charge in [0.1, 0.15) is 0 Å². The van der Waals surface area contributed by atoms with E-state index in [0.29, 0.717) is 12.2 Å². The molecule has 2 fully saturated rings. The van der Waals surface area contributed by atoms with E-state index in [1.54, 1.807) is 6.08 Å². The molecule has 1 saturated carbocycles. The number of aliphatic carboxylic acids is 1. The van der Waals surface area contributed by atoms with Crippen molar-refractivity contribution in [3.8, 4) is 0 Å². The van der Waals surface area contributed by atoms with Crippen LogP contribution in [0.4, 0.5) is 0 Å². The van der Waals surface area contributed by atoms with Crippen LogP contribution in [0, 0.1) is 11.8 Å². The van der Waals surface area contributed by atoms with Crippen molar-refractivity contribution in [1.29, 1.82) is 0 Å². The molecule has 2 aliphatic rings. The van der Waals surface area contributed by atoms with Crippen LogP contribution in [0.1, 0.15) is 84.0 Å². The number of allylic oxidation sites excluding steroid dienone is 1. The fraction of sp³-hybridized carbons (Fsp3) is 0.850. The number of ether oxygens (including phenoxy) is 1. The minimum absolute atomic E-state index is 0.357. The Bertz CT molecular complexity index is 377. The Labute approximate surface area is 141 Å². The average Bonchev–Trinajstić information content (AvgIpc) is 3.08. The molecule has 1 N–H and O–H groups in total. The molecule has 3 nitrogen and oxygen atoms in total. The van der Waals surface area contributed by atoms with Gasteiger partial charge in [-0.05, 0) is 43.9 Å². The lowest BCUT2D eigenvalue weighted by atomic mass is 9.87. The molecule has 3 heteroatoms. The number of hydrogen-bond donors (Lipinski definition) is 1. The third-order valence-corrected chi connectivity index (χ3v) is 5.65. The van der Waals surface area contributed by atoms with Crippen LogP contribution in [0.3, 0.4) is 0 Å². The molecule has 4 atom stereocenters. The number of carboxylic acid groups (broad SMARTS) is 1. The van der Waals surface area contributed by atoms with Crippen LogP contribution in [0.25, 0.3) is 0 Å². The van der Waals surface area contributed by atoms with Gasteiger partial charge in [0.25, 0.3) is 0 Å². The molecule has 132 valence electrons. The van der Waals surface area contributed by atoms with Crippen molar-refractivity contribution in [3.05, 3.63) is 12.2 Å². The summed E-state index contributed by atoms with van der Waals surface area (Å²) in [6.07, 6.45) is 19.2. The summed E-state index contributed by atoms with van der Waals surface area (Å²) < 4.78 is 6.20. The molecular formula is C20H34O3. The molecule has 2 rings (SSSR count). The lowest BCUT2D eigenvalue weighted by Gasteiger charge is -2.17. The van der Waals surface area contributed by atoms with E-state index in [1.807, 2.05) is 0 Å². The minimum Gasteiger partial charge on any atom is -0.478 e. The van der Waals surface area contributed by atoms with Crippen LogP contribution in [-0.2, 0) is 9.53 Å². The molecule has 1 aliphatic heterocycles. The lowest BCUT2D eigenvalue weighted by molar-refractivity contribution is -0.131. The minimum atomic E-state index is -0.854. The zero-order chi connectivity index (χ0) is 16.5. The van der Waals surface area contributed by atoms with E-state index in [-0.39, 0.29) is 0 Å². The van der Waals surface area contributed by atoms with E-state index in [9.17, 15) is 4.79 Å². The number of hydrogen-bond acceptors (Lipinski definition) is 2. The second kappa shape index (κ2) is 10.1. The highest BCUT2D eigenvalue weighted by Gasteiger charge is 2.43. The maximum Gasteiger partial charge on any atom is 0.327 e. The van der Waals surface area contributed by atoms with Gasteiger partial charge in [-0.1, -0.05) is 57.9 Å². The van der Waals surface area contributed by atoms with E-state index < -0.39 is 5.97 Å². The summed E-state index contributed by atoms with van der Waals surface area (Å²) in [7, 11) is 0. The van der Waals surface area contributed by atoms with Gasteiger partial charge in [0.05, 0.1) is 12.2 Å². The van der Waals surface area contributed by atoms with Gasteiger partial charge in [-0.2, -0.15) is 0 Å². The Kier molecular flexibility index (Phi) is 8.14. The van der Waals surface area contributed by atoms with Gasteiger partial charge in [-0.15, -0.1) is 0 Å². The van der Waals surface area contributed by atoms with Crippen molar-refractivity contribution in [1.82, 2.24) is 0 Å². The highest BCUT2D eigenvalue weighted by atomic mass is 16.5. The van der Waals surface area contributed by atoms with Gasteiger partial charge in [0.15, 0.2) is 0 Å². The van der Waals surface area contributed by atoms with E-state index in [0.717, 1.165) is 24.7 Å². The predicted octanol–water partition coefficient (Wildman–Crippen LogP) is 5.34. The van der Waals surface area contributed by atoms with Gasteiger partial charge < -0.3 is 9.84 Å². The molecule has 0 spiro atoms. The summed E-state index contributed by atoms with van der Waals surface area (Å²) in [4.78, 5) is 10.5. The third kappa shape index (κ3) is 6.29. The smallest absolute Gasteiger partial charge is 0.327 e. The maximum absolute atomic E-state index is 10.5. The molecule has 0 aromatic rings. The highest BCUT2D eigenvalue weighted by Crippen LogP contribution is 2.46. The number of carbonyl (C=O) groups is 1. The standard InChI is InChI=1S/C20H34O3/c1-2-3-4-5-6-7-10-16-13-14-19-18(16)15-17(23-19)11-8-9-12-20(21)22/h9,12,16-19H,2-8,10-11,13-15H2,1H3,(H,21,22)/t16-,17?,18+,19-/m0/s1. The molecule has 1 aliphatic carbocycles. The molecule has 0 bridgehead atoms. The zero-order valence-corrected chi connectivity index (χ0v) is 14.7. The van der Waals surface area contributed by atoms with Crippen molar-refractivity contribution >= 4 is 5.97 Å². The Hall–Kier alpha value is -0.830. The topological polar surface area (TPSA) is 46.5 Å². The Morgan fingerprint density at radius 2 is 1.91 bits per heavy atom. The van der Waals surface area contributed by atoms with Crippen molar-refractivity contribution in [2.24, 2.45) is 11.8 Å². The van der Waals surface area contributed by atoms with Gasteiger partial charge in [-0.25, -0.2) is 4.79 Å². The highest BCUT2D eigenvalue weighted by molar-refractivity contribution is 5.79. The van der Waals surface area contributed by atoms with Gasteiger partial charge >= 0.3 is 5.97 Å². The van der Waals surface area contributed by atoms with Gasteiger partial charge in [0, 0.05) is 6.08 Å². The molecule has 0 amide bonds. The normalized spacial score (nSPS) is 30.1. The molecule has 1 heterocycles. The first-order chi connectivity index (χ1) is 11.2. The monoisotopic (exact) mass is 322 g/mol. The molecule has 0 aromatic heterocycles. The third-order valence-electron chi connectivity index (χ3n) is 5.65. The fourth-order valence-electron chi connectivity index (χ4n) is 4.43. The van der Waals surface area contributed by atoms with Gasteiger partial charge in [-0.3, -0.25) is 0 Å². The van der Waals surface area contributed by atoms with Crippen LogP contribution in [0.2, 0.25) is 0 Å². The van der Waals surface area contributed by atoms with Crippen molar-refractivity contribution in [2.75, 3.05) is 0 Å². The van der Waals surface area contributed by atoms with E-state index in [4.69, 9.17) is 9.84 Å². The Balaban J connectivity index is 1.61. The second-order valence-corrected chi connectivity index (χ2v) is 7.41. The van der Waals surface area contributed by atoms with Crippen molar-refractivity contribution in [2.45, 2.75) is 96.2 Å². The molecule has 0 aromatic carbocycles. The summed E-state index contributed by atoms with van der Waals surface area (Å²) >= 11 is 0. The van der Waals surface area contributed by atoms with E-state index in [2.05, 4.69) is 6.92 Å². The maximum atomic E-state index is 10.5. The number of rotatable bonds is 11. The zero-order valence-electron chi connectivity index (χ0n) is 14.7. The molecule has 23 heavy (non-hydrogen) atoms. The Morgan fingerprint density at radius 1 is 1.13 bits per heavy atom. The first kappa shape index (κ1) is 18.5. The van der Waals surface area contributed by atoms with Crippen LogP contribution in [0.15, 0.2) is 12.2 Å². The number of fused-ring (bicyclic) bond motifs is 1. The molecular weight excluding hydrogens is 288 g/mol. The molecule has 1 saturated heterocycles. The quantitative estimate of drug-likeness (QED) is 0.412. The first-order valence-corrected chi connectivity index (χ1v) is 9.75. The van der Waals surface area contributed by atoms with Crippen LogP contribution >= 0.6 is 0 Å². The predicted molar refractivity (Wildman–Crippen MR) is 93.5 cm³/mol. The Morgan fingerprint density at radius 3 is 2.70 bits per heavy atom. The first-order valence-electron chi connectivity index (χ1n) is 9.75. The number of unbranched alkanes of at least 4 members (excludes halogenated alkanes) is 5. The van der Waals surface area contributed by atoms with Crippen molar-refractivity contribution < 1.29 is 14.6 Å². The van der Waals surface area contributed by atoms with E-state index in [1.165, 1.54) is 70.3 Å². The largest absolute Gasteiger partial charge is 0.478 e. The average molecular weight is 322 g/mol. The van der Waals surface area contributed by atoms with Crippen molar-refractivity contribution in [3.63, 3.8) is 0 Å². The van der Waals surface area contributed by atoms with Crippen LogP contribution in [0.5, 0.6) is 0 Å². The number of carboxylic acids is 1. The molecule has 1 unspecified atom stereocenters. The SMILES string of the molecule is CCCCCCCC[C@H]1CC[C@@H]2OC(CCC=CC(=O)O)C[C@H]12. The summed E-state index contributed by atoms with van der Waals surface area (Å²) in [6, 6.07) is 0. The molecule has 0 radical (unpaired) electrons. The lowest BCUT2D eigenvalue weighted by Crippen LogP contribution is -2.13. The van der Waals surface area contributed by atoms with Gasteiger partial charge in [0.2, 0.25) is 0 Å².